The van der Waals surface area contributed by atoms with Crippen molar-refractivity contribution in [2.45, 2.75) is 6.61 Å². The minimum absolute atomic E-state index is 0.157. The molecule has 2 aromatic carbocycles. The Balaban J connectivity index is 1.31. The van der Waals surface area contributed by atoms with Gasteiger partial charge in [0, 0.05) is 31.9 Å². The van der Waals surface area contributed by atoms with Gasteiger partial charge in [0.1, 0.15) is 18.8 Å². The fourth-order valence-corrected chi connectivity index (χ4v) is 3.38. The zero-order chi connectivity index (χ0) is 20.8. The summed E-state index contributed by atoms with van der Waals surface area (Å²) in [5.41, 5.74) is 2.72. The van der Waals surface area contributed by atoms with Crippen LogP contribution in [0.2, 0.25) is 0 Å². The maximum atomic E-state index is 14.7. The summed E-state index contributed by atoms with van der Waals surface area (Å²) in [4.78, 5) is 24.2. The van der Waals surface area contributed by atoms with Gasteiger partial charge in [0.05, 0.1) is 23.8 Å². The van der Waals surface area contributed by atoms with Crippen molar-refractivity contribution in [3.8, 4) is 0 Å². The quantitative estimate of drug-likeness (QED) is 0.696. The average molecular weight is 407 g/mol. The van der Waals surface area contributed by atoms with Gasteiger partial charge in [-0.1, -0.05) is 30.3 Å². The fraction of sp³-hybridized carbons (Fsp3) is 0.227. The highest BCUT2D eigenvalue weighted by Crippen LogP contribution is 2.25. The molecule has 4 rings (SSSR count). The summed E-state index contributed by atoms with van der Waals surface area (Å²) < 4.78 is 19.9. The molecule has 0 radical (unpaired) electrons. The van der Waals surface area contributed by atoms with Gasteiger partial charge in [-0.2, -0.15) is 0 Å². The maximum absolute atomic E-state index is 14.7. The van der Waals surface area contributed by atoms with Gasteiger partial charge >= 0.3 is 6.09 Å². The van der Waals surface area contributed by atoms with Crippen molar-refractivity contribution in [2.24, 2.45) is 0 Å². The van der Waals surface area contributed by atoms with Crippen molar-refractivity contribution in [1.82, 2.24) is 9.97 Å². The number of ether oxygens (including phenoxy) is 1. The molecule has 0 spiro atoms. The van der Waals surface area contributed by atoms with E-state index in [1.165, 1.54) is 12.4 Å². The number of carbonyl (C=O) groups excluding carboxylic acids is 1. The van der Waals surface area contributed by atoms with Crippen LogP contribution in [0.25, 0.3) is 0 Å². The third-order valence-corrected chi connectivity index (χ3v) is 4.94. The van der Waals surface area contributed by atoms with E-state index in [0.717, 1.165) is 24.3 Å². The molecule has 1 fully saturated rings. The van der Waals surface area contributed by atoms with Crippen molar-refractivity contribution in [3.05, 3.63) is 78.6 Å². The number of piperazine rings is 1. The second-order valence-corrected chi connectivity index (χ2v) is 6.92. The number of aromatic nitrogens is 2. The minimum atomic E-state index is -0.621. The molecule has 1 aliphatic heterocycles. The van der Waals surface area contributed by atoms with Gasteiger partial charge in [0.25, 0.3) is 0 Å². The molecule has 0 aliphatic carbocycles. The Morgan fingerprint density at radius 1 is 1.00 bits per heavy atom. The van der Waals surface area contributed by atoms with Gasteiger partial charge in [-0.05, 0) is 23.8 Å². The number of halogens is 1. The van der Waals surface area contributed by atoms with Crippen LogP contribution >= 0.6 is 0 Å². The van der Waals surface area contributed by atoms with E-state index in [4.69, 9.17) is 4.74 Å². The molecular weight excluding hydrogens is 385 g/mol. The lowest BCUT2D eigenvalue weighted by atomic mass is 10.2. The zero-order valence-electron chi connectivity index (χ0n) is 16.4. The topological polar surface area (TPSA) is 70.6 Å². The van der Waals surface area contributed by atoms with Crippen molar-refractivity contribution < 1.29 is 13.9 Å². The molecule has 3 aromatic rings. The highest BCUT2D eigenvalue weighted by atomic mass is 19.1. The van der Waals surface area contributed by atoms with Crippen LogP contribution in [0.1, 0.15) is 5.56 Å². The molecule has 0 bridgehead atoms. The second kappa shape index (κ2) is 9.21. The van der Waals surface area contributed by atoms with Crippen LogP contribution in [0.5, 0.6) is 0 Å². The highest BCUT2D eigenvalue weighted by molar-refractivity contribution is 5.85. The summed E-state index contributed by atoms with van der Waals surface area (Å²) in [5.74, 6) is -0.382. The summed E-state index contributed by atoms with van der Waals surface area (Å²) in [7, 11) is 0. The number of hydrogen-bond acceptors (Lipinski definition) is 6. The summed E-state index contributed by atoms with van der Waals surface area (Å²) in [6, 6.07) is 14.1. The number of nitrogens with one attached hydrogen (secondary N) is 1. The SMILES string of the molecule is O=C(Nc1ccc(N2CCN(c3cncnc3)CC2)c(F)c1)OCc1ccccc1. The van der Waals surface area contributed by atoms with Gasteiger partial charge in [-0.15, -0.1) is 0 Å². The lowest BCUT2D eigenvalue weighted by Gasteiger charge is -2.37. The summed E-state index contributed by atoms with van der Waals surface area (Å²) in [6.07, 6.45) is 4.44. The van der Waals surface area contributed by atoms with E-state index in [1.807, 2.05) is 35.2 Å². The van der Waals surface area contributed by atoms with Crippen LogP contribution < -0.4 is 15.1 Å². The van der Waals surface area contributed by atoms with Crippen LogP contribution in [0.15, 0.2) is 67.3 Å². The van der Waals surface area contributed by atoms with Crippen molar-refractivity contribution in [1.29, 1.82) is 0 Å². The number of hydrogen-bond donors (Lipinski definition) is 1. The number of amides is 1. The predicted molar refractivity (Wildman–Crippen MR) is 113 cm³/mol. The Hall–Kier alpha value is -3.68. The van der Waals surface area contributed by atoms with Crippen molar-refractivity contribution in [3.63, 3.8) is 0 Å². The largest absolute Gasteiger partial charge is 0.444 e. The van der Waals surface area contributed by atoms with E-state index in [0.29, 0.717) is 24.5 Å². The number of carbonyl (C=O) groups is 1. The van der Waals surface area contributed by atoms with Crippen LogP contribution in [-0.2, 0) is 11.3 Å². The third kappa shape index (κ3) is 4.83. The molecule has 2 heterocycles. The molecule has 0 unspecified atom stereocenters. The lowest BCUT2D eigenvalue weighted by Crippen LogP contribution is -2.46. The lowest BCUT2D eigenvalue weighted by molar-refractivity contribution is 0.155. The van der Waals surface area contributed by atoms with Crippen molar-refractivity contribution >= 4 is 23.2 Å². The smallest absolute Gasteiger partial charge is 0.411 e. The van der Waals surface area contributed by atoms with Gasteiger partial charge in [0.15, 0.2) is 0 Å². The normalized spacial score (nSPS) is 13.8. The number of benzene rings is 2. The fourth-order valence-electron chi connectivity index (χ4n) is 3.38. The maximum Gasteiger partial charge on any atom is 0.411 e. The van der Waals surface area contributed by atoms with E-state index in [1.54, 1.807) is 24.5 Å². The molecule has 154 valence electrons. The number of rotatable bonds is 5. The van der Waals surface area contributed by atoms with E-state index in [9.17, 15) is 9.18 Å². The third-order valence-electron chi connectivity index (χ3n) is 4.94. The van der Waals surface area contributed by atoms with Crippen LogP contribution in [0, 0.1) is 5.82 Å². The first-order valence-electron chi connectivity index (χ1n) is 9.71. The molecule has 1 saturated heterocycles. The monoisotopic (exact) mass is 407 g/mol. The second-order valence-electron chi connectivity index (χ2n) is 6.92. The predicted octanol–water partition coefficient (Wildman–Crippen LogP) is 3.69. The molecule has 0 atom stereocenters. The van der Waals surface area contributed by atoms with Gasteiger partial charge in [-0.3, -0.25) is 5.32 Å². The first kappa shape index (κ1) is 19.6. The molecule has 1 aromatic heterocycles. The highest BCUT2D eigenvalue weighted by Gasteiger charge is 2.20. The summed E-state index contributed by atoms with van der Waals surface area (Å²) >= 11 is 0. The number of nitrogens with zero attached hydrogens (tertiary/aromatic N) is 4. The van der Waals surface area contributed by atoms with Crippen LogP contribution in [0.4, 0.5) is 26.2 Å². The zero-order valence-corrected chi connectivity index (χ0v) is 16.4. The van der Waals surface area contributed by atoms with E-state index in [2.05, 4.69) is 20.2 Å². The molecule has 8 heteroatoms. The summed E-state index contributed by atoms with van der Waals surface area (Å²) in [6.45, 7) is 3.01. The Morgan fingerprint density at radius 2 is 1.70 bits per heavy atom. The first-order chi connectivity index (χ1) is 14.7. The first-order valence-corrected chi connectivity index (χ1v) is 9.71. The molecule has 1 N–H and O–H groups in total. The van der Waals surface area contributed by atoms with Gasteiger partial charge < -0.3 is 14.5 Å². The van der Waals surface area contributed by atoms with Crippen LogP contribution in [-0.4, -0.2) is 42.2 Å². The standard InChI is InChI=1S/C22H22FN5O2/c23-20-12-18(26-22(29)30-15-17-4-2-1-3-5-17)6-7-21(20)28-10-8-27(9-11-28)19-13-24-16-25-14-19/h1-7,12-14,16H,8-11,15H2,(H,26,29). The molecular formula is C22H22FN5O2. The average Bonchev–Trinajstić information content (AvgIpc) is 2.79. The van der Waals surface area contributed by atoms with Gasteiger partial charge in [-0.25, -0.2) is 19.2 Å². The molecule has 0 saturated carbocycles. The number of anilines is 3. The van der Waals surface area contributed by atoms with E-state index >= 15 is 0 Å². The summed E-state index contributed by atoms with van der Waals surface area (Å²) in [5, 5.41) is 2.57. The van der Waals surface area contributed by atoms with Crippen molar-refractivity contribution in [2.75, 3.05) is 41.3 Å². The molecule has 1 aliphatic rings. The van der Waals surface area contributed by atoms with Crippen LogP contribution in [0.3, 0.4) is 0 Å². The Kier molecular flexibility index (Phi) is 6.03. The minimum Gasteiger partial charge on any atom is -0.444 e. The van der Waals surface area contributed by atoms with E-state index in [-0.39, 0.29) is 12.4 Å². The molecule has 30 heavy (non-hydrogen) atoms. The van der Waals surface area contributed by atoms with Gasteiger partial charge in [0.2, 0.25) is 0 Å². The Bertz CT molecular complexity index is 979. The molecule has 1 amide bonds. The molecule has 7 nitrogen and oxygen atoms in total. The Morgan fingerprint density at radius 3 is 2.40 bits per heavy atom. The van der Waals surface area contributed by atoms with E-state index < -0.39 is 6.09 Å². The Labute approximate surface area is 174 Å².